The van der Waals surface area contributed by atoms with Gasteiger partial charge in [-0.1, -0.05) is 34.8 Å². The van der Waals surface area contributed by atoms with Crippen LogP contribution in [0.3, 0.4) is 0 Å². The largest absolute Gasteiger partial charge is 0.598 e. The quantitative estimate of drug-likeness (QED) is 0.641. The van der Waals surface area contributed by atoms with Gasteiger partial charge >= 0.3 is 0 Å². The van der Waals surface area contributed by atoms with Crippen molar-refractivity contribution >= 4 is 46.2 Å². The third-order valence-corrected chi connectivity index (χ3v) is 3.86. The van der Waals surface area contributed by atoms with E-state index in [9.17, 15) is 4.55 Å². The fourth-order valence-electron chi connectivity index (χ4n) is 0.764. The molecule has 0 bridgehead atoms. The Kier molecular flexibility index (Phi) is 6.79. The first kappa shape index (κ1) is 16.6. The van der Waals surface area contributed by atoms with Gasteiger partial charge in [0.1, 0.15) is 10.8 Å². The standard InChI is InChI=1S/C9H15Cl3N2OS/c1-8(2,3)16(15)14-7(6-13)4-5-9(10,11)12/h7,14H,4-5H2,1-3H3/t7?,16-/m1/s1. The van der Waals surface area contributed by atoms with Crippen molar-refractivity contribution in [1.29, 1.82) is 5.26 Å². The minimum atomic E-state index is -1.37. The molecule has 0 amide bonds. The first-order chi connectivity index (χ1) is 7.06. The number of hydrogen-bond donors (Lipinski definition) is 1. The molecule has 0 aromatic rings. The Bertz CT molecular complexity index is 257. The Morgan fingerprint density at radius 1 is 1.38 bits per heavy atom. The van der Waals surface area contributed by atoms with Crippen LogP contribution in [0.25, 0.3) is 0 Å². The lowest BCUT2D eigenvalue weighted by Crippen LogP contribution is -2.44. The van der Waals surface area contributed by atoms with Crippen molar-refractivity contribution in [1.82, 2.24) is 4.72 Å². The smallest absolute Gasteiger partial charge is 0.190 e. The molecule has 0 radical (unpaired) electrons. The molecule has 0 aliphatic rings. The maximum absolute atomic E-state index is 11.7. The summed E-state index contributed by atoms with van der Waals surface area (Å²) in [5.74, 6) is 0. The average Bonchev–Trinajstić information content (AvgIpc) is 2.08. The molecule has 3 nitrogen and oxygen atoms in total. The van der Waals surface area contributed by atoms with Crippen LogP contribution < -0.4 is 4.72 Å². The van der Waals surface area contributed by atoms with Crippen molar-refractivity contribution in [3.63, 3.8) is 0 Å². The number of halogens is 3. The second kappa shape index (κ2) is 6.53. The van der Waals surface area contributed by atoms with E-state index in [1.807, 2.05) is 26.8 Å². The summed E-state index contributed by atoms with van der Waals surface area (Å²) >= 11 is 15.4. The summed E-state index contributed by atoms with van der Waals surface area (Å²) in [5, 5.41) is 8.86. The van der Waals surface area contributed by atoms with Crippen LogP contribution >= 0.6 is 34.8 Å². The number of nitrogens with zero attached hydrogens (tertiary/aromatic N) is 1. The first-order valence-corrected chi connectivity index (χ1v) is 6.99. The van der Waals surface area contributed by atoms with Gasteiger partial charge in [-0.05, 0) is 33.6 Å². The van der Waals surface area contributed by atoms with E-state index in [-0.39, 0.29) is 6.42 Å². The number of hydrogen-bond acceptors (Lipinski definition) is 3. The molecule has 0 aliphatic heterocycles. The molecule has 1 unspecified atom stereocenters. The summed E-state index contributed by atoms with van der Waals surface area (Å²) in [4.78, 5) is 0. The van der Waals surface area contributed by atoms with Crippen molar-refractivity contribution in [3.05, 3.63) is 0 Å². The molecule has 0 heterocycles. The van der Waals surface area contributed by atoms with E-state index in [1.165, 1.54) is 0 Å². The van der Waals surface area contributed by atoms with Gasteiger partial charge in [0.25, 0.3) is 0 Å². The number of rotatable bonds is 4. The molecule has 0 saturated heterocycles. The Labute approximate surface area is 115 Å². The molecule has 94 valence electrons. The van der Waals surface area contributed by atoms with E-state index in [0.29, 0.717) is 6.42 Å². The summed E-state index contributed by atoms with van der Waals surface area (Å²) < 4.78 is 12.6. The molecular formula is C9H15Cl3N2OS. The molecule has 2 atom stereocenters. The van der Waals surface area contributed by atoms with E-state index in [1.54, 1.807) is 0 Å². The van der Waals surface area contributed by atoms with Gasteiger partial charge in [0.15, 0.2) is 3.79 Å². The van der Waals surface area contributed by atoms with E-state index >= 15 is 0 Å². The molecule has 0 rings (SSSR count). The Balaban J connectivity index is 4.18. The Morgan fingerprint density at radius 3 is 2.19 bits per heavy atom. The van der Waals surface area contributed by atoms with Gasteiger partial charge in [0.2, 0.25) is 0 Å². The van der Waals surface area contributed by atoms with Crippen LogP contribution in [0, 0.1) is 11.3 Å². The van der Waals surface area contributed by atoms with Crippen LogP contribution in [-0.2, 0) is 11.4 Å². The topological polar surface area (TPSA) is 58.9 Å². The van der Waals surface area contributed by atoms with Crippen LogP contribution in [0.2, 0.25) is 0 Å². The number of alkyl halides is 3. The highest BCUT2D eigenvalue weighted by Crippen LogP contribution is 2.31. The monoisotopic (exact) mass is 304 g/mol. The molecule has 16 heavy (non-hydrogen) atoms. The molecule has 0 saturated carbocycles. The summed E-state index contributed by atoms with van der Waals surface area (Å²) in [6.07, 6.45) is 0.582. The van der Waals surface area contributed by atoms with Gasteiger partial charge < -0.3 is 4.55 Å². The van der Waals surface area contributed by atoms with Crippen LogP contribution in [0.5, 0.6) is 0 Å². The van der Waals surface area contributed by atoms with Crippen molar-refractivity contribution in [2.75, 3.05) is 0 Å². The van der Waals surface area contributed by atoms with Gasteiger partial charge in [0.05, 0.1) is 6.07 Å². The second-order valence-corrected chi connectivity index (χ2v) is 8.85. The van der Waals surface area contributed by atoms with E-state index in [4.69, 9.17) is 40.1 Å². The Hall–Kier alpha value is 0.630. The van der Waals surface area contributed by atoms with E-state index in [0.717, 1.165) is 0 Å². The van der Waals surface area contributed by atoms with Crippen molar-refractivity contribution in [3.8, 4) is 6.07 Å². The third kappa shape index (κ3) is 7.83. The van der Waals surface area contributed by atoms with E-state index < -0.39 is 25.9 Å². The summed E-state index contributed by atoms with van der Waals surface area (Å²) in [6.45, 7) is 5.46. The zero-order valence-electron chi connectivity index (χ0n) is 9.39. The lowest BCUT2D eigenvalue weighted by Gasteiger charge is -2.25. The molecule has 0 aromatic heterocycles. The molecule has 0 aliphatic carbocycles. The minimum absolute atomic E-state index is 0.240. The maximum Gasteiger partial charge on any atom is 0.190 e. The molecule has 0 spiro atoms. The van der Waals surface area contributed by atoms with E-state index in [2.05, 4.69) is 4.72 Å². The van der Waals surface area contributed by atoms with Crippen molar-refractivity contribution in [2.24, 2.45) is 0 Å². The van der Waals surface area contributed by atoms with Crippen LogP contribution in [0.15, 0.2) is 0 Å². The highest BCUT2D eigenvalue weighted by molar-refractivity contribution is 7.90. The molecule has 0 aromatic carbocycles. The van der Waals surface area contributed by atoms with Crippen molar-refractivity contribution in [2.45, 2.75) is 48.2 Å². The minimum Gasteiger partial charge on any atom is -0.598 e. The summed E-state index contributed by atoms with van der Waals surface area (Å²) in [7, 11) is 0. The summed E-state index contributed by atoms with van der Waals surface area (Å²) in [5.41, 5.74) is 0. The fraction of sp³-hybridized carbons (Fsp3) is 0.889. The first-order valence-electron chi connectivity index (χ1n) is 4.70. The Morgan fingerprint density at radius 2 is 1.88 bits per heavy atom. The van der Waals surface area contributed by atoms with Crippen LogP contribution in [0.4, 0.5) is 0 Å². The second-order valence-electron chi connectivity index (χ2n) is 4.33. The van der Waals surface area contributed by atoms with Gasteiger partial charge in [-0.25, -0.2) is 0 Å². The highest BCUT2D eigenvalue weighted by atomic mass is 35.6. The van der Waals surface area contributed by atoms with Gasteiger partial charge in [-0.15, -0.1) is 4.72 Å². The van der Waals surface area contributed by atoms with Gasteiger partial charge in [0, 0.05) is 11.4 Å². The van der Waals surface area contributed by atoms with Crippen molar-refractivity contribution < 1.29 is 4.55 Å². The zero-order valence-corrected chi connectivity index (χ0v) is 12.5. The predicted octanol–water partition coefficient (Wildman–Crippen LogP) is 3.08. The molecule has 1 N–H and O–H groups in total. The third-order valence-electron chi connectivity index (χ3n) is 1.68. The van der Waals surface area contributed by atoms with Gasteiger partial charge in [-0.2, -0.15) is 5.26 Å². The predicted molar refractivity (Wildman–Crippen MR) is 70.0 cm³/mol. The van der Waals surface area contributed by atoms with Crippen LogP contribution in [-0.4, -0.2) is 19.1 Å². The molecule has 0 fully saturated rings. The summed E-state index contributed by atoms with van der Waals surface area (Å²) in [6, 6.07) is 1.42. The normalized spacial score (nSPS) is 16.6. The highest BCUT2D eigenvalue weighted by Gasteiger charge is 2.30. The van der Waals surface area contributed by atoms with Gasteiger partial charge in [-0.3, -0.25) is 0 Å². The average molecular weight is 306 g/mol. The lowest BCUT2D eigenvalue weighted by atomic mass is 10.2. The number of nitriles is 1. The number of nitrogens with one attached hydrogen (secondary N) is 1. The maximum atomic E-state index is 11.7. The lowest BCUT2D eigenvalue weighted by molar-refractivity contribution is 0.527. The zero-order chi connectivity index (χ0) is 13.0. The fourth-order valence-corrected chi connectivity index (χ4v) is 1.87. The SMILES string of the molecule is CC(C)(C)[S@@+]([O-])NC(C#N)CCC(Cl)(Cl)Cl. The van der Waals surface area contributed by atoms with Crippen LogP contribution in [0.1, 0.15) is 33.6 Å². The molecular weight excluding hydrogens is 291 g/mol. The molecule has 7 heteroatoms.